The van der Waals surface area contributed by atoms with Gasteiger partial charge in [0, 0.05) is 43.9 Å². The van der Waals surface area contributed by atoms with Crippen LogP contribution in [0.15, 0.2) is 35.6 Å². The molecule has 2 aliphatic rings. The van der Waals surface area contributed by atoms with Crippen molar-refractivity contribution in [2.45, 2.75) is 25.3 Å². The van der Waals surface area contributed by atoms with Crippen molar-refractivity contribution >= 4 is 17.9 Å². The van der Waals surface area contributed by atoms with Crippen LogP contribution in [-0.4, -0.2) is 47.3 Å². The third-order valence-electron chi connectivity index (χ3n) is 5.29. The van der Waals surface area contributed by atoms with Gasteiger partial charge in [-0.25, -0.2) is 18.8 Å². The number of carbonyl (C=O) groups is 1. The Hall–Kier alpha value is -3.10. The summed E-state index contributed by atoms with van der Waals surface area (Å²) in [6.07, 6.45) is 4.98. The van der Waals surface area contributed by atoms with E-state index in [0.29, 0.717) is 43.9 Å². The van der Waals surface area contributed by atoms with Crippen LogP contribution in [-0.2, 0) is 4.79 Å². The van der Waals surface area contributed by atoms with Gasteiger partial charge in [-0.05, 0) is 36.6 Å². The first-order valence-corrected chi connectivity index (χ1v) is 9.48. The molecule has 1 aromatic heterocycles. The van der Waals surface area contributed by atoms with Crippen molar-refractivity contribution < 1.29 is 18.3 Å². The van der Waals surface area contributed by atoms with Gasteiger partial charge in [0.05, 0.1) is 13.2 Å². The molecular weight excluding hydrogens is 380 g/mol. The summed E-state index contributed by atoms with van der Waals surface area (Å²) in [5, 5.41) is 5.57. The van der Waals surface area contributed by atoms with Crippen LogP contribution in [0.1, 0.15) is 30.9 Å². The molecule has 0 bridgehead atoms. The number of methoxy groups -OCH3 is 1. The smallest absolute Gasteiger partial charge is 0.318 e. The number of ether oxygens (including phenoxy) is 1. The van der Waals surface area contributed by atoms with Crippen LogP contribution in [0, 0.1) is 17.6 Å². The highest BCUT2D eigenvalue weighted by molar-refractivity contribution is 5.82. The van der Waals surface area contributed by atoms with Crippen LogP contribution in [0.25, 0.3) is 0 Å². The number of hydrazone groups is 1. The van der Waals surface area contributed by atoms with Crippen LogP contribution < -0.4 is 9.64 Å². The van der Waals surface area contributed by atoms with Crippen molar-refractivity contribution in [3.63, 3.8) is 0 Å². The summed E-state index contributed by atoms with van der Waals surface area (Å²) in [6, 6.07) is 4.98. The first kappa shape index (κ1) is 19.2. The lowest BCUT2D eigenvalue weighted by Crippen LogP contribution is -2.41. The highest BCUT2D eigenvalue weighted by atomic mass is 19.1. The fraction of sp³-hybridized carbons (Fsp3) is 0.400. The first-order valence-electron chi connectivity index (χ1n) is 9.48. The molecule has 2 aliphatic heterocycles. The van der Waals surface area contributed by atoms with E-state index in [2.05, 4.69) is 20.0 Å². The molecule has 29 heavy (non-hydrogen) atoms. The number of carbonyl (C=O) groups excluding carboxylic acids is 1. The Labute approximate surface area is 167 Å². The Morgan fingerprint density at radius 3 is 2.59 bits per heavy atom. The number of benzene rings is 1. The number of rotatable bonds is 4. The summed E-state index contributed by atoms with van der Waals surface area (Å²) in [6.45, 7) is 1.32. The molecule has 4 rings (SSSR count). The second-order valence-electron chi connectivity index (χ2n) is 7.10. The lowest BCUT2D eigenvalue weighted by atomic mass is 9.94. The summed E-state index contributed by atoms with van der Waals surface area (Å²) in [4.78, 5) is 23.5. The van der Waals surface area contributed by atoms with E-state index in [1.165, 1.54) is 24.3 Å². The van der Waals surface area contributed by atoms with Gasteiger partial charge in [0.25, 0.3) is 0 Å². The molecule has 0 N–H and O–H groups in total. The lowest BCUT2D eigenvalue weighted by molar-refractivity contribution is -0.138. The average Bonchev–Trinajstić information content (AvgIpc) is 3.23. The topological polar surface area (TPSA) is 70.9 Å². The average molecular weight is 401 g/mol. The molecule has 1 fully saturated rings. The van der Waals surface area contributed by atoms with E-state index in [4.69, 9.17) is 4.74 Å². The van der Waals surface area contributed by atoms with Crippen molar-refractivity contribution in [1.82, 2.24) is 15.0 Å². The lowest BCUT2D eigenvalue weighted by Gasteiger charge is -2.34. The monoisotopic (exact) mass is 401 g/mol. The minimum Gasteiger partial charge on any atom is -0.467 e. The standard InChI is InChI=1S/C20H21F2N5O2/c1-29-20-23-6-3-18(25-20)26-8-4-13(5-9-26)19(28)27-17(2-7-24-27)14-10-15(21)12-16(22)11-14/h3,6-7,10-13,17H,2,4-5,8-9H2,1H3. The molecule has 7 nitrogen and oxygen atoms in total. The van der Waals surface area contributed by atoms with Gasteiger partial charge in [-0.3, -0.25) is 4.79 Å². The molecule has 1 atom stereocenters. The van der Waals surface area contributed by atoms with Crippen molar-refractivity contribution in [2.24, 2.45) is 11.0 Å². The summed E-state index contributed by atoms with van der Waals surface area (Å²) < 4.78 is 32.3. The second kappa shape index (κ2) is 8.10. The second-order valence-corrected chi connectivity index (χ2v) is 7.10. The van der Waals surface area contributed by atoms with Gasteiger partial charge in [-0.15, -0.1) is 0 Å². The van der Waals surface area contributed by atoms with Crippen LogP contribution in [0.2, 0.25) is 0 Å². The van der Waals surface area contributed by atoms with E-state index in [-0.39, 0.29) is 11.8 Å². The van der Waals surface area contributed by atoms with Gasteiger partial charge in [0.2, 0.25) is 5.91 Å². The van der Waals surface area contributed by atoms with Crippen LogP contribution in [0.4, 0.5) is 14.6 Å². The molecule has 1 unspecified atom stereocenters. The maximum absolute atomic E-state index is 13.6. The maximum Gasteiger partial charge on any atom is 0.318 e. The molecule has 2 aromatic rings. The molecule has 1 saturated heterocycles. The molecule has 152 valence electrons. The Bertz CT molecular complexity index is 911. The predicted octanol–water partition coefficient (Wildman–Crippen LogP) is 2.94. The summed E-state index contributed by atoms with van der Waals surface area (Å²) in [5.41, 5.74) is 0.416. The van der Waals surface area contributed by atoms with Gasteiger partial charge in [-0.2, -0.15) is 10.1 Å². The minimum atomic E-state index is -0.659. The SMILES string of the molecule is COc1nccc(N2CCC(C(=O)N3N=CCC3c3cc(F)cc(F)c3)CC2)n1. The molecule has 1 amide bonds. The van der Waals surface area contributed by atoms with Gasteiger partial charge >= 0.3 is 6.01 Å². The minimum absolute atomic E-state index is 0.117. The third kappa shape index (κ3) is 4.03. The molecule has 1 aromatic carbocycles. The summed E-state index contributed by atoms with van der Waals surface area (Å²) in [7, 11) is 1.52. The summed E-state index contributed by atoms with van der Waals surface area (Å²) in [5.74, 6) is -0.879. The van der Waals surface area contributed by atoms with E-state index >= 15 is 0 Å². The van der Waals surface area contributed by atoms with Crippen molar-refractivity contribution in [2.75, 3.05) is 25.1 Å². The normalized spacial score (nSPS) is 19.6. The number of piperidine rings is 1. The molecular formula is C20H21F2N5O2. The first-order chi connectivity index (χ1) is 14.0. The van der Waals surface area contributed by atoms with Gasteiger partial charge in [-0.1, -0.05) is 0 Å². The zero-order chi connectivity index (χ0) is 20.4. The Kier molecular flexibility index (Phi) is 5.37. The number of hydrogen-bond acceptors (Lipinski definition) is 6. The van der Waals surface area contributed by atoms with E-state index in [0.717, 1.165) is 11.9 Å². The van der Waals surface area contributed by atoms with Crippen LogP contribution >= 0.6 is 0 Å². The summed E-state index contributed by atoms with van der Waals surface area (Å²) >= 11 is 0. The molecule has 0 aliphatic carbocycles. The third-order valence-corrected chi connectivity index (χ3v) is 5.29. The van der Waals surface area contributed by atoms with Gasteiger partial charge in [0.1, 0.15) is 17.5 Å². The van der Waals surface area contributed by atoms with Crippen LogP contribution in [0.5, 0.6) is 6.01 Å². The fourth-order valence-electron chi connectivity index (χ4n) is 3.82. The predicted molar refractivity (Wildman–Crippen MR) is 103 cm³/mol. The van der Waals surface area contributed by atoms with Crippen LogP contribution in [0.3, 0.4) is 0 Å². The quantitative estimate of drug-likeness (QED) is 0.788. The van der Waals surface area contributed by atoms with Crippen molar-refractivity contribution in [1.29, 1.82) is 0 Å². The zero-order valence-electron chi connectivity index (χ0n) is 16.0. The van der Waals surface area contributed by atoms with Crippen molar-refractivity contribution in [3.05, 3.63) is 47.7 Å². The number of hydrogen-bond donors (Lipinski definition) is 0. The number of amides is 1. The van der Waals surface area contributed by atoms with E-state index in [9.17, 15) is 13.6 Å². The Balaban J connectivity index is 1.43. The number of aromatic nitrogens is 2. The Morgan fingerprint density at radius 2 is 1.90 bits per heavy atom. The molecule has 0 saturated carbocycles. The maximum atomic E-state index is 13.6. The number of nitrogens with zero attached hydrogens (tertiary/aromatic N) is 5. The molecule has 3 heterocycles. The number of halogens is 2. The fourth-order valence-corrected chi connectivity index (χ4v) is 3.82. The van der Waals surface area contributed by atoms with Gasteiger partial charge < -0.3 is 9.64 Å². The van der Waals surface area contributed by atoms with Gasteiger partial charge in [0.15, 0.2) is 0 Å². The Morgan fingerprint density at radius 1 is 1.17 bits per heavy atom. The van der Waals surface area contributed by atoms with E-state index in [1.54, 1.807) is 12.4 Å². The van der Waals surface area contributed by atoms with E-state index < -0.39 is 17.7 Å². The highest BCUT2D eigenvalue weighted by Crippen LogP contribution is 2.33. The molecule has 0 spiro atoms. The van der Waals surface area contributed by atoms with Crippen molar-refractivity contribution in [3.8, 4) is 6.01 Å². The molecule has 0 radical (unpaired) electrons. The highest BCUT2D eigenvalue weighted by Gasteiger charge is 2.35. The van der Waals surface area contributed by atoms with E-state index in [1.807, 2.05) is 6.07 Å². The largest absolute Gasteiger partial charge is 0.467 e. The molecule has 9 heteroatoms. The number of anilines is 1. The zero-order valence-corrected chi connectivity index (χ0v) is 16.0.